The summed E-state index contributed by atoms with van der Waals surface area (Å²) in [4.78, 5) is 41.1. The zero-order valence-electron chi connectivity index (χ0n) is 16.5. The van der Waals surface area contributed by atoms with Gasteiger partial charge in [0.25, 0.3) is 5.91 Å². The first-order chi connectivity index (χ1) is 13.9. The first kappa shape index (κ1) is 19.1. The third kappa shape index (κ3) is 3.71. The number of hydrogen-bond acceptors (Lipinski definition) is 4. The number of anilines is 1. The summed E-state index contributed by atoms with van der Waals surface area (Å²) in [5, 5.41) is 4.42. The van der Waals surface area contributed by atoms with Crippen molar-refractivity contribution in [3.63, 3.8) is 0 Å². The number of carbonyl (C=O) groups is 3. The number of imide groups is 1. The number of hydrogen-bond donors (Lipinski definition) is 2. The Morgan fingerprint density at radius 2 is 1.93 bits per heavy atom. The van der Waals surface area contributed by atoms with Gasteiger partial charge in [0.2, 0.25) is 5.91 Å². The van der Waals surface area contributed by atoms with Crippen LogP contribution in [0.25, 0.3) is 10.9 Å². The molecule has 1 atom stereocenters. The fourth-order valence-electron chi connectivity index (χ4n) is 3.79. The Hall–Kier alpha value is -3.25. The van der Waals surface area contributed by atoms with E-state index in [2.05, 4.69) is 35.4 Å². The van der Waals surface area contributed by atoms with Gasteiger partial charge in [-0.2, -0.15) is 0 Å². The number of nitrogens with one attached hydrogen (secondary N) is 2. The Labute approximate surface area is 168 Å². The van der Waals surface area contributed by atoms with Crippen molar-refractivity contribution >= 4 is 34.2 Å². The van der Waals surface area contributed by atoms with Crippen LogP contribution in [-0.2, 0) is 16.0 Å². The fraction of sp³-hybridized carbons (Fsp3) is 0.261. The lowest BCUT2D eigenvalue weighted by Crippen LogP contribution is -2.39. The first-order valence-corrected chi connectivity index (χ1v) is 9.72. The lowest BCUT2D eigenvalue weighted by atomic mass is 10.1. The molecular weight excluding hydrogens is 366 g/mol. The smallest absolute Gasteiger partial charge is 0.251 e. The molecule has 2 amide bonds. The number of aromatic amines is 1. The van der Waals surface area contributed by atoms with Crippen LogP contribution in [0.3, 0.4) is 0 Å². The molecule has 3 aromatic rings. The molecule has 1 aliphatic heterocycles. The third-order valence-electron chi connectivity index (χ3n) is 5.39. The highest BCUT2D eigenvalue weighted by Gasteiger charge is 2.39. The molecule has 29 heavy (non-hydrogen) atoms. The minimum atomic E-state index is -0.526. The van der Waals surface area contributed by atoms with Crippen LogP contribution in [0.1, 0.15) is 34.8 Å². The van der Waals surface area contributed by atoms with Gasteiger partial charge >= 0.3 is 0 Å². The van der Waals surface area contributed by atoms with Crippen molar-refractivity contribution in [2.75, 3.05) is 11.4 Å². The Morgan fingerprint density at radius 1 is 1.17 bits per heavy atom. The molecule has 0 bridgehead atoms. The van der Waals surface area contributed by atoms with E-state index in [9.17, 15) is 14.4 Å². The normalized spacial score (nSPS) is 16.8. The second kappa shape index (κ2) is 7.64. The van der Waals surface area contributed by atoms with E-state index in [1.807, 2.05) is 6.20 Å². The van der Waals surface area contributed by atoms with Crippen molar-refractivity contribution in [2.24, 2.45) is 0 Å². The number of carbonyl (C=O) groups excluding carboxylic acids is 3. The van der Waals surface area contributed by atoms with E-state index >= 15 is 0 Å². The number of Topliss-reactive ketones (excluding diaryl/α,β-unsaturated/α-hetero) is 1. The van der Waals surface area contributed by atoms with Crippen molar-refractivity contribution in [3.05, 3.63) is 65.4 Å². The van der Waals surface area contributed by atoms with E-state index in [1.165, 1.54) is 28.3 Å². The zero-order valence-corrected chi connectivity index (χ0v) is 16.5. The maximum Gasteiger partial charge on any atom is 0.251 e. The monoisotopic (exact) mass is 389 g/mol. The van der Waals surface area contributed by atoms with E-state index in [0.29, 0.717) is 17.8 Å². The Bertz CT molecular complexity index is 1100. The molecule has 1 aromatic heterocycles. The highest BCUT2D eigenvalue weighted by Crippen LogP contribution is 2.24. The van der Waals surface area contributed by atoms with Crippen LogP contribution in [0.4, 0.5) is 5.69 Å². The number of rotatable bonds is 6. The summed E-state index contributed by atoms with van der Waals surface area (Å²) < 4.78 is 0. The van der Waals surface area contributed by atoms with E-state index in [0.717, 1.165) is 11.9 Å². The van der Waals surface area contributed by atoms with Gasteiger partial charge in [-0.3, -0.25) is 14.4 Å². The quantitative estimate of drug-likeness (QED) is 0.501. The largest absolute Gasteiger partial charge is 0.361 e. The highest BCUT2D eigenvalue weighted by atomic mass is 16.2. The van der Waals surface area contributed by atoms with Crippen LogP contribution in [-0.4, -0.2) is 35.2 Å². The van der Waals surface area contributed by atoms with Crippen molar-refractivity contribution < 1.29 is 14.4 Å². The number of benzene rings is 2. The van der Waals surface area contributed by atoms with Gasteiger partial charge in [-0.1, -0.05) is 11.6 Å². The second-order valence-electron chi connectivity index (χ2n) is 7.49. The first-order valence-electron chi connectivity index (χ1n) is 9.72. The lowest BCUT2D eigenvalue weighted by Gasteiger charge is -2.16. The molecule has 148 valence electrons. The van der Waals surface area contributed by atoms with Crippen LogP contribution < -0.4 is 10.2 Å². The fourth-order valence-corrected chi connectivity index (χ4v) is 3.79. The van der Waals surface area contributed by atoms with Crippen molar-refractivity contribution in [1.82, 2.24) is 10.3 Å². The van der Waals surface area contributed by atoms with Gasteiger partial charge in [0.05, 0.1) is 18.2 Å². The van der Waals surface area contributed by atoms with Crippen molar-refractivity contribution in [3.8, 4) is 0 Å². The summed E-state index contributed by atoms with van der Waals surface area (Å²) in [7, 11) is 0. The molecule has 1 aliphatic rings. The number of ketones is 1. The molecule has 2 N–H and O–H groups in total. The maximum absolute atomic E-state index is 12.8. The van der Waals surface area contributed by atoms with Gasteiger partial charge in [0, 0.05) is 29.2 Å². The number of fused-ring (bicyclic) bond motifs is 1. The molecule has 0 spiro atoms. The summed E-state index contributed by atoms with van der Waals surface area (Å²) in [6.45, 7) is 4.15. The molecule has 1 saturated heterocycles. The van der Waals surface area contributed by atoms with Crippen molar-refractivity contribution in [2.45, 2.75) is 32.7 Å². The van der Waals surface area contributed by atoms with E-state index in [1.54, 1.807) is 24.3 Å². The average Bonchev–Trinajstić information content (AvgIpc) is 3.22. The zero-order chi connectivity index (χ0) is 20.5. The van der Waals surface area contributed by atoms with Gasteiger partial charge in [0.1, 0.15) is 0 Å². The SMILES string of the molecule is CC(=O)c1ccc(N2C(=O)C[C@H](NCCc3c[nH]c4ccc(C)cc34)C2=O)cc1. The molecule has 6 nitrogen and oxygen atoms in total. The standard InChI is InChI=1S/C23H23N3O3/c1-14-3-8-20-19(11-14)17(13-25-20)9-10-24-21-12-22(28)26(23(21)29)18-6-4-16(5-7-18)15(2)27/h3-8,11,13,21,24-25H,9-10,12H2,1-2H3/t21-/m0/s1. The van der Waals surface area contributed by atoms with Crippen LogP contribution in [0.2, 0.25) is 0 Å². The maximum atomic E-state index is 12.8. The molecule has 0 aliphatic carbocycles. The van der Waals surface area contributed by atoms with Crippen LogP contribution in [0, 0.1) is 6.92 Å². The molecular formula is C23H23N3O3. The Kier molecular flexibility index (Phi) is 5.03. The Balaban J connectivity index is 1.41. The molecule has 0 saturated carbocycles. The third-order valence-corrected chi connectivity index (χ3v) is 5.39. The highest BCUT2D eigenvalue weighted by molar-refractivity contribution is 6.22. The van der Waals surface area contributed by atoms with E-state index < -0.39 is 6.04 Å². The van der Waals surface area contributed by atoms with Gasteiger partial charge in [-0.25, -0.2) is 4.90 Å². The number of nitrogens with zero attached hydrogens (tertiary/aromatic N) is 1. The lowest BCUT2D eigenvalue weighted by molar-refractivity contribution is -0.121. The summed E-state index contributed by atoms with van der Waals surface area (Å²) >= 11 is 0. The predicted octanol–water partition coefficient (Wildman–Crippen LogP) is 3.14. The van der Waals surface area contributed by atoms with E-state index in [4.69, 9.17) is 0 Å². The number of amides is 2. The number of aromatic nitrogens is 1. The van der Waals surface area contributed by atoms with E-state index in [-0.39, 0.29) is 24.0 Å². The molecule has 4 rings (SSSR count). The van der Waals surface area contributed by atoms with Crippen LogP contribution >= 0.6 is 0 Å². The molecule has 2 heterocycles. The Morgan fingerprint density at radius 3 is 2.66 bits per heavy atom. The van der Waals surface area contributed by atoms with Gasteiger partial charge in [-0.15, -0.1) is 0 Å². The summed E-state index contributed by atoms with van der Waals surface area (Å²) in [5.41, 5.74) is 4.54. The summed E-state index contributed by atoms with van der Waals surface area (Å²) in [6.07, 6.45) is 2.89. The minimum absolute atomic E-state index is 0.0531. The molecule has 2 aromatic carbocycles. The van der Waals surface area contributed by atoms with Crippen LogP contribution in [0.5, 0.6) is 0 Å². The minimum Gasteiger partial charge on any atom is -0.361 e. The van der Waals surface area contributed by atoms with Gasteiger partial charge < -0.3 is 10.3 Å². The molecule has 6 heteroatoms. The predicted molar refractivity (Wildman–Crippen MR) is 112 cm³/mol. The second-order valence-corrected chi connectivity index (χ2v) is 7.49. The summed E-state index contributed by atoms with van der Waals surface area (Å²) in [5.74, 6) is -0.534. The van der Waals surface area contributed by atoms with Gasteiger partial charge in [-0.05, 0) is 62.2 Å². The molecule has 0 radical (unpaired) electrons. The average molecular weight is 389 g/mol. The summed E-state index contributed by atoms with van der Waals surface area (Å²) in [6, 6.07) is 12.3. The van der Waals surface area contributed by atoms with Crippen molar-refractivity contribution in [1.29, 1.82) is 0 Å². The van der Waals surface area contributed by atoms with Crippen LogP contribution in [0.15, 0.2) is 48.7 Å². The van der Waals surface area contributed by atoms with Gasteiger partial charge in [0.15, 0.2) is 5.78 Å². The number of aryl methyl sites for hydroxylation is 1. The molecule has 0 unspecified atom stereocenters. The topological polar surface area (TPSA) is 82.3 Å². The molecule has 1 fully saturated rings. The number of H-pyrrole nitrogens is 1.